The van der Waals surface area contributed by atoms with E-state index in [4.69, 9.17) is 4.74 Å². The van der Waals surface area contributed by atoms with Gasteiger partial charge in [-0.15, -0.1) is 0 Å². The molecule has 16 heavy (non-hydrogen) atoms. The molecule has 5 heteroatoms. The Morgan fingerprint density at radius 2 is 1.94 bits per heavy atom. The van der Waals surface area contributed by atoms with Gasteiger partial charge in [-0.2, -0.15) is 0 Å². The lowest BCUT2D eigenvalue weighted by Crippen LogP contribution is -2.45. The molecule has 0 atom stereocenters. The highest BCUT2D eigenvalue weighted by atomic mass is 32.2. The number of hydrogen-bond donors (Lipinski definition) is 1. The number of sulfone groups is 1. The Hall–Kier alpha value is -1.07. The standard InChI is InChI=1S/C11H15NO3S/c1-16(13,14)11-4-2-10(3-5-11)15-8-9-6-12-7-9/h2-5,9,12H,6-8H2,1H3. The highest BCUT2D eigenvalue weighted by Crippen LogP contribution is 2.17. The summed E-state index contributed by atoms with van der Waals surface area (Å²) in [5.74, 6) is 1.30. The van der Waals surface area contributed by atoms with Crippen LogP contribution in [0.15, 0.2) is 29.2 Å². The smallest absolute Gasteiger partial charge is 0.175 e. The van der Waals surface area contributed by atoms with Crippen LogP contribution in [-0.2, 0) is 9.84 Å². The van der Waals surface area contributed by atoms with E-state index in [1.165, 1.54) is 6.26 Å². The van der Waals surface area contributed by atoms with Crippen LogP contribution < -0.4 is 10.1 Å². The van der Waals surface area contributed by atoms with Gasteiger partial charge < -0.3 is 10.1 Å². The number of rotatable bonds is 4. The van der Waals surface area contributed by atoms with Crippen molar-refractivity contribution in [1.82, 2.24) is 5.32 Å². The van der Waals surface area contributed by atoms with E-state index in [0.29, 0.717) is 17.4 Å². The molecule has 0 unspecified atom stereocenters. The molecule has 1 aromatic rings. The number of ether oxygens (including phenoxy) is 1. The van der Waals surface area contributed by atoms with Gasteiger partial charge in [0, 0.05) is 25.3 Å². The first kappa shape index (κ1) is 11.4. The van der Waals surface area contributed by atoms with Gasteiger partial charge in [0.1, 0.15) is 5.75 Å². The minimum Gasteiger partial charge on any atom is -0.493 e. The summed E-state index contributed by atoms with van der Waals surface area (Å²) in [6.45, 7) is 2.69. The van der Waals surface area contributed by atoms with Crippen LogP contribution in [0.5, 0.6) is 5.75 Å². The first-order chi connectivity index (χ1) is 7.55. The van der Waals surface area contributed by atoms with E-state index in [1.807, 2.05) is 0 Å². The second kappa shape index (κ2) is 4.43. The van der Waals surface area contributed by atoms with Crippen LogP contribution in [0.25, 0.3) is 0 Å². The molecular formula is C11H15NO3S. The van der Waals surface area contributed by atoms with Crippen LogP contribution in [0.1, 0.15) is 0 Å². The molecule has 1 N–H and O–H groups in total. The Balaban J connectivity index is 1.96. The largest absolute Gasteiger partial charge is 0.493 e. The summed E-state index contributed by atoms with van der Waals surface area (Å²) < 4.78 is 28.0. The molecule has 0 aromatic heterocycles. The fraction of sp³-hybridized carbons (Fsp3) is 0.455. The average Bonchev–Trinajstić information content (AvgIpc) is 2.15. The maximum absolute atomic E-state index is 11.2. The Morgan fingerprint density at radius 1 is 1.31 bits per heavy atom. The number of benzene rings is 1. The summed E-state index contributed by atoms with van der Waals surface area (Å²) in [5, 5.41) is 3.17. The third-order valence-electron chi connectivity index (χ3n) is 2.60. The van der Waals surface area contributed by atoms with E-state index in [2.05, 4.69) is 5.32 Å². The molecule has 1 saturated heterocycles. The van der Waals surface area contributed by atoms with Gasteiger partial charge in [-0.25, -0.2) is 8.42 Å². The zero-order valence-corrected chi connectivity index (χ0v) is 9.96. The molecule has 0 bridgehead atoms. The van der Waals surface area contributed by atoms with Crippen LogP contribution in [0.3, 0.4) is 0 Å². The molecular weight excluding hydrogens is 226 g/mol. The first-order valence-corrected chi connectivity index (χ1v) is 7.08. The Kier molecular flexibility index (Phi) is 3.16. The van der Waals surface area contributed by atoms with Gasteiger partial charge in [0.25, 0.3) is 0 Å². The van der Waals surface area contributed by atoms with Crippen molar-refractivity contribution in [2.75, 3.05) is 26.0 Å². The molecule has 4 nitrogen and oxygen atoms in total. The third-order valence-corrected chi connectivity index (χ3v) is 3.73. The van der Waals surface area contributed by atoms with E-state index in [0.717, 1.165) is 18.8 Å². The van der Waals surface area contributed by atoms with E-state index < -0.39 is 9.84 Å². The SMILES string of the molecule is CS(=O)(=O)c1ccc(OCC2CNC2)cc1. The molecule has 88 valence electrons. The van der Waals surface area contributed by atoms with Crippen molar-refractivity contribution in [1.29, 1.82) is 0 Å². The monoisotopic (exact) mass is 241 g/mol. The summed E-state index contributed by atoms with van der Waals surface area (Å²) in [6.07, 6.45) is 1.20. The molecule has 1 fully saturated rings. The summed E-state index contributed by atoms with van der Waals surface area (Å²) in [7, 11) is -3.11. The van der Waals surface area contributed by atoms with Crippen molar-refractivity contribution in [3.8, 4) is 5.75 Å². The minimum absolute atomic E-state index is 0.324. The van der Waals surface area contributed by atoms with Crippen LogP contribution >= 0.6 is 0 Å². The zero-order chi connectivity index (χ0) is 11.6. The molecule has 0 radical (unpaired) electrons. The summed E-state index contributed by atoms with van der Waals surface area (Å²) in [5.41, 5.74) is 0. The topological polar surface area (TPSA) is 55.4 Å². The van der Waals surface area contributed by atoms with Crippen molar-refractivity contribution in [3.05, 3.63) is 24.3 Å². The lowest BCUT2D eigenvalue weighted by Gasteiger charge is -2.26. The van der Waals surface area contributed by atoms with Gasteiger partial charge in [-0.1, -0.05) is 0 Å². The van der Waals surface area contributed by atoms with Gasteiger partial charge in [0.05, 0.1) is 11.5 Å². The number of nitrogens with one attached hydrogen (secondary N) is 1. The molecule has 0 spiro atoms. The summed E-state index contributed by atoms with van der Waals surface area (Å²) in [4.78, 5) is 0.324. The normalized spacial score (nSPS) is 16.8. The maximum Gasteiger partial charge on any atom is 0.175 e. The first-order valence-electron chi connectivity index (χ1n) is 5.19. The zero-order valence-electron chi connectivity index (χ0n) is 9.14. The van der Waals surface area contributed by atoms with Crippen LogP contribution in [0, 0.1) is 5.92 Å². The Labute approximate surface area is 95.5 Å². The van der Waals surface area contributed by atoms with Gasteiger partial charge in [0.15, 0.2) is 9.84 Å². The molecule has 0 amide bonds. The third kappa shape index (κ3) is 2.74. The molecule has 1 aliphatic rings. The van der Waals surface area contributed by atoms with Gasteiger partial charge in [-0.3, -0.25) is 0 Å². The fourth-order valence-electron chi connectivity index (χ4n) is 1.46. The molecule has 1 aromatic carbocycles. The molecule has 0 saturated carbocycles. The minimum atomic E-state index is -3.11. The highest BCUT2D eigenvalue weighted by molar-refractivity contribution is 7.90. The molecule has 2 rings (SSSR count). The lowest BCUT2D eigenvalue weighted by molar-refractivity contribution is 0.199. The maximum atomic E-state index is 11.2. The van der Waals surface area contributed by atoms with E-state index in [-0.39, 0.29) is 0 Å². The van der Waals surface area contributed by atoms with Gasteiger partial charge in [0.2, 0.25) is 0 Å². The Morgan fingerprint density at radius 3 is 2.38 bits per heavy atom. The van der Waals surface area contributed by atoms with Crippen molar-refractivity contribution < 1.29 is 13.2 Å². The van der Waals surface area contributed by atoms with Crippen molar-refractivity contribution in [2.45, 2.75) is 4.90 Å². The number of hydrogen-bond acceptors (Lipinski definition) is 4. The molecule has 1 aliphatic heterocycles. The van der Waals surface area contributed by atoms with Crippen LogP contribution in [-0.4, -0.2) is 34.4 Å². The second-order valence-electron chi connectivity index (χ2n) is 4.08. The fourth-order valence-corrected chi connectivity index (χ4v) is 2.09. The molecule has 0 aliphatic carbocycles. The van der Waals surface area contributed by atoms with Crippen molar-refractivity contribution in [2.24, 2.45) is 5.92 Å². The summed E-state index contributed by atoms with van der Waals surface area (Å²) >= 11 is 0. The van der Waals surface area contributed by atoms with E-state index in [9.17, 15) is 8.42 Å². The average molecular weight is 241 g/mol. The predicted octanol–water partition coefficient (Wildman–Crippen LogP) is 0.688. The highest BCUT2D eigenvalue weighted by Gasteiger charge is 2.17. The van der Waals surface area contributed by atoms with Gasteiger partial charge in [-0.05, 0) is 24.3 Å². The van der Waals surface area contributed by atoms with Crippen LogP contribution in [0.2, 0.25) is 0 Å². The predicted molar refractivity (Wildman–Crippen MR) is 61.4 cm³/mol. The summed E-state index contributed by atoms with van der Waals surface area (Å²) in [6, 6.07) is 6.54. The van der Waals surface area contributed by atoms with E-state index >= 15 is 0 Å². The van der Waals surface area contributed by atoms with E-state index in [1.54, 1.807) is 24.3 Å². The van der Waals surface area contributed by atoms with Crippen LogP contribution in [0.4, 0.5) is 0 Å². The quantitative estimate of drug-likeness (QED) is 0.842. The molecule has 1 heterocycles. The van der Waals surface area contributed by atoms with Gasteiger partial charge >= 0.3 is 0 Å². The van der Waals surface area contributed by atoms with Crippen molar-refractivity contribution in [3.63, 3.8) is 0 Å². The van der Waals surface area contributed by atoms with Crippen molar-refractivity contribution >= 4 is 9.84 Å². The lowest BCUT2D eigenvalue weighted by atomic mass is 10.1. The second-order valence-corrected chi connectivity index (χ2v) is 6.09. The Bertz CT molecular complexity index is 449.